The normalized spacial score (nSPS) is 10.5. The molecule has 1 heterocycles. The summed E-state index contributed by atoms with van der Waals surface area (Å²) in [5, 5.41) is 0.461. The fraction of sp³-hybridized carbons (Fsp3) is 0.231. The molecule has 0 radical (unpaired) electrons. The maximum absolute atomic E-state index is 13.8. The molecule has 2 rings (SSSR count). The van der Waals surface area contributed by atoms with E-state index in [-0.39, 0.29) is 17.7 Å². The van der Waals surface area contributed by atoms with Crippen LogP contribution in [0.15, 0.2) is 22.8 Å². The molecule has 100 valence electrons. The van der Waals surface area contributed by atoms with Crippen LogP contribution in [-0.2, 0) is 4.74 Å². The van der Waals surface area contributed by atoms with Crippen molar-refractivity contribution in [1.29, 1.82) is 0 Å². The van der Waals surface area contributed by atoms with Crippen LogP contribution in [0.3, 0.4) is 0 Å². The summed E-state index contributed by atoms with van der Waals surface area (Å²) in [5.41, 5.74) is 0.419. The lowest BCUT2D eigenvalue weighted by Gasteiger charge is -2.09. The van der Waals surface area contributed by atoms with E-state index in [1.54, 1.807) is 13.0 Å². The van der Waals surface area contributed by atoms with E-state index in [4.69, 9.17) is 9.47 Å². The van der Waals surface area contributed by atoms with Gasteiger partial charge < -0.3 is 9.47 Å². The molecule has 19 heavy (non-hydrogen) atoms. The maximum Gasteiger partial charge on any atom is 0.340 e. The summed E-state index contributed by atoms with van der Waals surface area (Å²) in [4.78, 5) is 15.7. The Bertz CT molecular complexity index is 645. The number of fused-ring (bicyclic) bond motifs is 1. The summed E-state index contributed by atoms with van der Waals surface area (Å²) < 4.78 is 24.2. The van der Waals surface area contributed by atoms with E-state index in [0.717, 1.165) is 0 Å². The number of halogens is 2. The first-order valence-corrected chi connectivity index (χ1v) is 6.36. The van der Waals surface area contributed by atoms with Crippen LogP contribution >= 0.6 is 15.9 Å². The molecule has 1 aromatic heterocycles. The zero-order valence-corrected chi connectivity index (χ0v) is 12.0. The number of esters is 1. The van der Waals surface area contributed by atoms with Crippen LogP contribution in [0.1, 0.15) is 17.3 Å². The Morgan fingerprint density at radius 3 is 2.84 bits per heavy atom. The third kappa shape index (κ3) is 2.53. The minimum absolute atomic E-state index is 0.167. The molecule has 0 saturated carbocycles. The van der Waals surface area contributed by atoms with Crippen LogP contribution in [0, 0.1) is 5.82 Å². The monoisotopic (exact) mass is 327 g/mol. The van der Waals surface area contributed by atoms with Crippen molar-refractivity contribution in [3.63, 3.8) is 0 Å². The van der Waals surface area contributed by atoms with Crippen LogP contribution < -0.4 is 4.74 Å². The van der Waals surface area contributed by atoms with Crippen LogP contribution in [0.5, 0.6) is 5.75 Å². The second kappa shape index (κ2) is 5.52. The number of aromatic nitrogens is 1. The average Bonchev–Trinajstić information content (AvgIpc) is 2.39. The Hall–Kier alpha value is -1.69. The quantitative estimate of drug-likeness (QED) is 0.811. The molecule has 0 aliphatic heterocycles. The lowest BCUT2D eigenvalue weighted by atomic mass is 10.1. The Kier molecular flexibility index (Phi) is 3.99. The largest absolute Gasteiger partial charge is 0.497 e. The molecule has 0 bridgehead atoms. The standard InChI is InChI=1S/C13H11BrFNO3/c1-3-19-13(17)9-6-16-12-8(11(9)14)4-7(18-2)5-10(12)15/h4-6H,3H2,1-2H3. The van der Waals surface area contributed by atoms with Crippen molar-refractivity contribution < 1.29 is 18.7 Å². The van der Waals surface area contributed by atoms with Gasteiger partial charge >= 0.3 is 5.97 Å². The van der Waals surface area contributed by atoms with Gasteiger partial charge in [0, 0.05) is 22.1 Å². The predicted molar refractivity (Wildman–Crippen MR) is 71.9 cm³/mol. The SMILES string of the molecule is CCOC(=O)c1cnc2c(F)cc(OC)cc2c1Br. The maximum atomic E-state index is 13.8. The highest BCUT2D eigenvalue weighted by Gasteiger charge is 2.17. The van der Waals surface area contributed by atoms with Crippen molar-refractivity contribution in [1.82, 2.24) is 4.98 Å². The second-order valence-corrected chi connectivity index (χ2v) is 4.50. The van der Waals surface area contributed by atoms with Crippen molar-refractivity contribution in [2.24, 2.45) is 0 Å². The molecule has 6 heteroatoms. The van der Waals surface area contributed by atoms with E-state index in [1.807, 2.05) is 0 Å². The molecule has 0 fully saturated rings. The molecule has 0 saturated heterocycles. The summed E-state index contributed by atoms with van der Waals surface area (Å²) in [7, 11) is 1.44. The first-order chi connectivity index (χ1) is 9.08. The number of pyridine rings is 1. The molecule has 0 atom stereocenters. The predicted octanol–water partition coefficient (Wildman–Crippen LogP) is 3.32. The van der Waals surface area contributed by atoms with Gasteiger partial charge in [-0.2, -0.15) is 0 Å². The van der Waals surface area contributed by atoms with Crippen molar-refractivity contribution in [2.45, 2.75) is 6.92 Å². The third-order valence-electron chi connectivity index (χ3n) is 2.56. The summed E-state index contributed by atoms with van der Waals surface area (Å²) in [6.07, 6.45) is 1.29. The van der Waals surface area contributed by atoms with Crippen molar-refractivity contribution >= 4 is 32.8 Å². The number of ether oxygens (including phenoxy) is 2. The fourth-order valence-electron chi connectivity index (χ4n) is 1.67. The molecule has 0 N–H and O–H groups in total. The van der Waals surface area contributed by atoms with E-state index in [0.29, 0.717) is 15.6 Å². The summed E-state index contributed by atoms with van der Waals surface area (Å²) in [6.45, 7) is 1.97. The molecule has 0 amide bonds. The number of nitrogens with zero attached hydrogens (tertiary/aromatic N) is 1. The molecular formula is C13H11BrFNO3. The number of carbonyl (C=O) groups is 1. The highest BCUT2D eigenvalue weighted by atomic mass is 79.9. The smallest absolute Gasteiger partial charge is 0.340 e. The number of hydrogen-bond acceptors (Lipinski definition) is 4. The van der Waals surface area contributed by atoms with E-state index < -0.39 is 11.8 Å². The molecule has 2 aromatic rings. The van der Waals surface area contributed by atoms with Gasteiger partial charge in [-0.1, -0.05) is 0 Å². The van der Waals surface area contributed by atoms with Crippen molar-refractivity contribution in [3.8, 4) is 5.75 Å². The number of hydrogen-bond donors (Lipinski definition) is 0. The molecule has 0 spiro atoms. The topological polar surface area (TPSA) is 48.4 Å². The molecule has 0 aliphatic rings. The van der Waals surface area contributed by atoms with Crippen LogP contribution in [-0.4, -0.2) is 24.7 Å². The first-order valence-electron chi connectivity index (χ1n) is 5.57. The number of carbonyl (C=O) groups excluding carboxylic acids is 1. The van der Waals surface area contributed by atoms with E-state index >= 15 is 0 Å². The third-order valence-corrected chi connectivity index (χ3v) is 3.42. The first kappa shape index (κ1) is 13.7. The summed E-state index contributed by atoms with van der Waals surface area (Å²) >= 11 is 3.29. The minimum atomic E-state index is -0.509. The highest BCUT2D eigenvalue weighted by molar-refractivity contribution is 9.10. The van der Waals surface area contributed by atoms with E-state index in [1.165, 1.54) is 19.4 Å². The van der Waals surface area contributed by atoms with Gasteiger partial charge in [0.05, 0.1) is 19.3 Å². The Morgan fingerprint density at radius 2 is 2.21 bits per heavy atom. The van der Waals surface area contributed by atoms with Crippen LogP contribution in [0.25, 0.3) is 10.9 Å². The zero-order valence-electron chi connectivity index (χ0n) is 10.4. The zero-order chi connectivity index (χ0) is 14.0. The summed E-state index contributed by atoms with van der Waals surface area (Å²) in [6, 6.07) is 2.85. The van der Waals surface area contributed by atoms with Gasteiger partial charge in [-0.3, -0.25) is 4.98 Å². The van der Waals surface area contributed by atoms with E-state index in [2.05, 4.69) is 20.9 Å². The fourth-order valence-corrected chi connectivity index (χ4v) is 2.24. The highest BCUT2D eigenvalue weighted by Crippen LogP contribution is 2.31. The van der Waals surface area contributed by atoms with Crippen molar-refractivity contribution in [3.05, 3.63) is 34.2 Å². The number of benzene rings is 1. The number of methoxy groups -OCH3 is 1. The van der Waals surface area contributed by atoms with E-state index in [9.17, 15) is 9.18 Å². The van der Waals surface area contributed by atoms with Gasteiger partial charge in [-0.05, 0) is 28.9 Å². The van der Waals surface area contributed by atoms with Gasteiger partial charge in [0.25, 0.3) is 0 Å². The lowest BCUT2D eigenvalue weighted by Crippen LogP contribution is -2.06. The summed E-state index contributed by atoms with van der Waals surface area (Å²) in [5.74, 6) is -0.661. The lowest BCUT2D eigenvalue weighted by molar-refractivity contribution is 0.0525. The van der Waals surface area contributed by atoms with Gasteiger partial charge in [0.2, 0.25) is 0 Å². The van der Waals surface area contributed by atoms with Crippen LogP contribution in [0.4, 0.5) is 4.39 Å². The van der Waals surface area contributed by atoms with Crippen molar-refractivity contribution in [2.75, 3.05) is 13.7 Å². The minimum Gasteiger partial charge on any atom is -0.497 e. The molecule has 0 unspecified atom stereocenters. The van der Waals surface area contributed by atoms with Gasteiger partial charge in [-0.15, -0.1) is 0 Å². The Balaban J connectivity index is 2.66. The van der Waals surface area contributed by atoms with Gasteiger partial charge in [-0.25, -0.2) is 9.18 Å². The molecule has 4 nitrogen and oxygen atoms in total. The van der Waals surface area contributed by atoms with Crippen LogP contribution in [0.2, 0.25) is 0 Å². The number of rotatable bonds is 3. The second-order valence-electron chi connectivity index (χ2n) is 3.71. The Labute approximate surface area is 117 Å². The van der Waals surface area contributed by atoms with Gasteiger partial charge in [0.1, 0.15) is 11.3 Å². The molecule has 1 aromatic carbocycles. The molecule has 0 aliphatic carbocycles. The van der Waals surface area contributed by atoms with Gasteiger partial charge in [0.15, 0.2) is 5.82 Å². The molecular weight excluding hydrogens is 317 g/mol. The Morgan fingerprint density at radius 1 is 1.47 bits per heavy atom. The average molecular weight is 328 g/mol.